The summed E-state index contributed by atoms with van der Waals surface area (Å²) in [4.78, 5) is 0.364. The van der Waals surface area contributed by atoms with Gasteiger partial charge in [0.25, 0.3) is 0 Å². The Bertz CT molecular complexity index is 592. The fraction of sp³-hybridized carbons (Fsp3) is 0.600. The summed E-state index contributed by atoms with van der Waals surface area (Å²) in [5.41, 5.74) is 0.497. The van der Waals surface area contributed by atoms with Crippen molar-refractivity contribution in [2.24, 2.45) is 0 Å². The van der Waals surface area contributed by atoms with E-state index in [1.54, 1.807) is 16.4 Å². The molecule has 0 aliphatic carbocycles. The molecule has 2 saturated heterocycles. The average molecular weight is 310 g/mol. The van der Waals surface area contributed by atoms with Crippen LogP contribution < -0.4 is 5.32 Å². The summed E-state index contributed by atoms with van der Waals surface area (Å²) in [5, 5.41) is 3.26. The van der Waals surface area contributed by atoms with Gasteiger partial charge in [-0.2, -0.15) is 4.31 Å². The molecule has 2 fully saturated rings. The number of rotatable bonds is 3. The molecule has 6 heteroatoms. The van der Waals surface area contributed by atoms with Gasteiger partial charge in [-0.05, 0) is 37.2 Å². The van der Waals surface area contributed by atoms with E-state index < -0.39 is 15.7 Å². The SMILES string of the molecule is CCc1ccc(S(=O)(=O)N2CCOC23CCNCC3)cc1. The summed E-state index contributed by atoms with van der Waals surface area (Å²) < 4.78 is 33.3. The Labute approximate surface area is 126 Å². The molecule has 2 aliphatic heterocycles. The Kier molecular flexibility index (Phi) is 4.05. The minimum absolute atomic E-state index is 0.364. The van der Waals surface area contributed by atoms with Crippen molar-refractivity contribution >= 4 is 10.0 Å². The zero-order valence-corrected chi connectivity index (χ0v) is 13.2. The van der Waals surface area contributed by atoms with Crippen LogP contribution in [0.1, 0.15) is 25.3 Å². The first-order valence-electron chi connectivity index (χ1n) is 7.55. The number of hydrogen-bond donors (Lipinski definition) is 1. The fourth-order valence-electron chi connectivity index (χ4n) is 3.17. The van der Waals surface area contributed by atoms with Crippen LogP contribution in [0.3, 0.4) is 0 Å². The van der Waals surface area contributed by atoms with Crippen molar-refractivity contribution in [1.29, 1.82) is 0 Å². The molecule has 1 aromatic carbocycles. The standard InChI is InChI=1S/C15H22N2O3S/c1-2-13-3-5-14(6-4-13)21(18,19)17-11-12-20-15(17)7-9-16-10-8-15/h3-6,16H,2,7-12H2,1H3. The van der Waals surface area contributed by atoms with Crippen molar-refractivity contribution in [1.82, 2.24) is 9.62 Å². The van der Waals surface area contributed by atoms with Gasteiger partial charge in [0.1, 0.15) is 5.72 Å². The molecule has 0 atom stereocenters. The number of nitrogens with one attached hydrogen (secondary N) is 1. The largest absolute Gasteiger partial charge is 0.358 e. The van der Waals surface area contributed by atoms with E-state index in [2.05, 4.69) is 12.2 Å². The summed E-state index contributed by atoms with van der Waals surface area (Å²) in [5.74, 6) is 0. The molecular weight excluding hydrogens is 288 g/mol. The molecule has 2 heterocycles. The van der Waals surface area contributed by atoms with Gasteiger partial charge in [0.2, 0.25) is 10.0 Å². The number of piperidine rings is 1. The Morgan fingerprint density at radius 3 is 2.52 bits per heavy atom. The fourth-order valence-corrected chi connectivity index (χ4v) is 4.89. The Balaban J connectivity index is 1.92. The van der Waals surface area contributed by atoms with E-state index in [1.807, 2.05) is 12.1 Å². The third-order valence-electron chi connectivity index (χ3n) is 4.42. The minimum Gasteiger partial charge on any atom is -0.358 e. The molecule has 1 N–H and O–H groups in total. The Morgan fingerprint density at radius 2 is 1.90 bits per heavy atom. The van der Waals surface area contributed by atoms with Gasteiger partial charge in [-0.25, -0.2) is 8.42 Å². The highest BCUT2D eigenvalue weighted by Gasteiger charge is 2.49. The summed E-state index contributed by atoms with van der Waals surface area (Å²) >= 11 is 0. The van der Waals surface area contributed by atoms with Crippen molar-refractivity contribution in [2.45, 2.75) is 36.8 Å². The number of aryl methyl sites for hydroxylation is 1. The van der Waals surface area contributed by atoms with Gasteiger partial charge in [0.05, 0.1) is 11.5 Å². The number of hydrogen-bond acceptors (Lipinski definition) is 4. The Hall–Kier alpha value is -0.950. The van der Waals surface area contributed by atoms with E-state index >= 15 is 0 Å². The van der Waals surface area contributed by atoms with Crippen LogP contribution in [-0.2, 0) is 21.2 Å². The van der Waals surface area contributed by atoms with Gasteiger partial charge in [0.15, 0.2) is 0 Å². The first kappa shape index (κ1) is 15.0. The first-order chi connectivity index (χ1) is 10.1. The van der Waals surface area contributed by atoms with Crippen molar-refractivity contribution in [3.8, 4) is 0 Å². The summed E-state index contributed by atoms with van der Waals surface area (Å²) in [6, 6.07) is 7.19. The smallest absolute Gasteiger partial charge is 0.245 e. The van der Waals surface area contributed by atoms with E-state index in [-0.39, 0.29) is 0 Å². The second kappa shape index (κ2) is 5.68. The third-order valence-corrected chi connectivity index (χ3v) is 6.39. The van der Waals surface area contributed by atoms with Gasteiger partial charge >= 0.3 is 0 Å². The zero-order valence-electron chi connectivity index (χ0n) is 12.3. The monoisotopic (exact) mass is 310 g/mol. The van der Waals surface area contributed by atoms with E-state index in [0.717, 1.165) is 25.1 Å². The topological polar surface area (TPSA) is 58.6 Å². The highest BCUT2D eigenvalue weighted by molar-refractivity contribution is 7.89. The molecule has 5 nitrogen and oxygen atoms in total. The molecular formula is C15H22N2O3S. The van der Waals surface area contributed by atoms with Crippen molar-refractivity contribution in [3.05, 3.63) is 29.8 Å². The van der Waals surface area contributed by atoms with Crippen LogP contribution in [0, 0.1) is 0 Å². The molecule has 21 heavy (non-hydrogen) atoms. The summed E-state index contributed by atoms with van der Waals surface area (Å²) in [6.07, 6.45) is 2.32. The highest BCUT2D eigenvalue weighted by atomic mass is 32.2. The van der Waals surface area contributed by atoms with Crippen LogP contribution in [0.15, 0.2) is 29.2 Å². The van der Waals surface area contributed by atoms with Crippen molar-refractivity contribution in [2.75, 3.05) is 26.2 Å². The first-order valence-corrected chi connectivity index (χ1v) is 8.99. The number of benzene rings is 1. The minimum atomic E-state index is -3.49. The number of ether oxygens (including phenoxy) is 1. The lowest BCUT2D eigenvalue weighted by Crippen LogP contribution is -2.53. The predicted molar refractivity (Wildman–Crippen MR) is 80.5 cm³/mol. The molecule has 116 valence electrons. The van der Waals surface area contributed by atoms with Gasteiger partial charge in [-0.15, -0.1) is 0 Å². The number of nitrogens with zero attached hydrogens (tertiary/aromatic N) is 1. The van der Waals surface area contributed by atoms with Crippen LogP contribution in [0.2, 0.25) is 0 Å². The lowest BCUT2D eigenvalue weighted by atomic mass is 10.0. The number of sulfonamides is 1. The van der Waals surface area contributed by atoms with E-state index in [1.165, 1.54) is 0 Å². The third kappa shape index (κ3) is 2.61. The van der Waals surface area contributed by atoms with Crippen LogP contribution in [-0.4, -0.2) is 44.7 Å². The van der Waals surface area contributed by atoms with Crippen LogP contribution in [0.4, 0.5) is 0 Å². The summed E-state index contributed by atoms with van der Waals surface area (Å²) in [7, 11) is -3.49. The Morgan fingerprint density at radius 1 is 1.24 bits per heavy atom. The van der Waals surface area contributed by atoms with Crippen molar-refractivity contribution < 1.29 is 13.2 Å². The molecule has 0 amide bonds. The van der Waals surface area contributed by atoms with Gasteiger partial charge in [-0.3, -0.25) is 0 Å². The molecule has 0 unspecified atom stereocenters. The van der Waals surface area contributed by atoms with Crippen molar-refractivity contribution in [3.63, 3.8) is 0 Å². The normalized spacial score (nSPS) is 22.7. The molecule has 1 spiro atoms. The van der Waals surface area contributed by atoms with Gasteiger partial charge < -0.3 is 10.1 Å². The van der Waals surface area contributed by atoms with Crippen LogP contribution in [0.5, 0.6) is 0 Å². The second-order valence-electron chi connectivity index (χ2n) is 5.62. The molecule has 0 saturated carbocycles. The van der Waals surface area contributed by atoms with Gasteiger partial charge in [0, 0.05) is 19.4 Å². The lowest BCUT2D eigenvalue weighted by molar-refractivity contribution is -0.0704. The zero-order chi connectivity index (χ0) is 14.9. The lowest BCUT2D eigenvalue weighted by Gasteiger charge is -2.39. The van der Waals surface area contributed by atoms with E-state index in [0.29, 0.717) is 30.9 Å². The van der Waals surface area contributed by atoms with Crippen LogP contribution in [0.25, 0.3) is 0 Å². The molecule has 0 aromatic heterocycles. The molecule has 1 aromatic rings. The maximum atomic E-state index is 12.9. The quantitative estimate of drug-likeness (QED) is 0.915. The molecule has 0 radical (unpaired) electrons. The van der Waals surface area contributed by atoms with Gasteiger partial charge in [-0.1, -0.05) is 19.1 Å². The van der Waals surface area contributed by atoms with E-state index in [4.69, 9.17) is 4.74 Å². The maximum Gasteiger partial charge on any atom is 0.245 e. The molecule has 2 aliphatic rings. The summed E-state index contributed by atoms with van der Waals surface area (Å²) in [6.45, 7) is 4.56. The van der Waals surface area contributed by atoms with Crippen LogP contribution >= 0.6 is 0 Å². The second-order valence-corrected chi connectivity index (χ2v) is 7.48. The molecule has 0 bridgehead atoms. The maximum absolute atomic E-state index is 12.9. The van der Waals surface area contributed by atoms with E-state index in [9.17, 15) is 8.42 Å². The predicted octanol–water partition coefficient (Wildman–Crippen LogP) is 1.35. The molecule has 3 rings (SSSR count). The average Bonchev–Trinajstić information content (AvgIpc) is 2.92. The highest BCUT2D eigenvalue weighted by Crippen LogP contribution is 2.36.